The zero-order valence-corrected chi connectivity index (χ0v) is 14.6. The SMILES string of the molecule is CC(C(=O)OC1(Cc2ccccc2)CCNCC1)N1CCNCC1. The quantitative estimate of drug-likeness (QED) is 0.794. The van der Waals surface area contributed by atoms with Crippen LogP contribution < -0.4 is 10.6 Å². The van der Waals surface area contributed by atoms with Gasteiger partial charge in [0.2, 0.25) is 0 Å². The predicted octanol–water partition coefficient (Wildman–Crippen LogP) is 1.19. The zero-order valence-electron chi connectivity index (χ0n) is 14.6. The lowest BCUT2D eigenvalue weighted by molar-refractivity contribution is -0.168. The second-order valence-electron chi connectivity index (χ2n) is 6.98. The minimum atomic E-state index is -0.369. The number of hydrogen-bond donors (Lipinski definition) is 2. The molecule has 0 saturated carbocycles. The molecule has 0 amide bonds. The first-order valence-corrected chi connectivity index (χ1v) is 9.11. The highest BCUT2D eigenvalue weighted by atomic mass is 16.6. The molecule has 2 aliphatic heterocycles. The van der Waals surface area contributed by atoms with Crippen LogP contribution in [0.4, 0.5) is 0 Å². The van der Waals surface area contributed by atoms with Crippen molar-refractivity contribution in [3.63, 3.8) is 0 Å². The normalized spacial score (nSPS) is 22.7. The van der Waals surface area contributed by atoms with Crippen molar-refractivity contribution in [2.75, 3.05) is 39.3 Å². The standard InChI is InChI=1S/C19H29N3O2/c1-16(22-13-11-21-12-14-22)18(23)24-19(7-9-20-10-8-19)15-17-5-3-2-4-6-17/h2-6,16,20-21H,7-15H2,1H3. The van der Waals surface area contributed by atoms with Gasteiger partial charge in [0.1, 0.15) is 11.6 Å². The molecule has 0 aromatic heterocycles. The molecule has 0 bridgehead atoms. The number of nitrogens with one attached hydrogen (secondary N) is 2. The molecule has 0 radical (unpaired) electrons. The summed E-state index contributed by atoms with van der Waals surface area (Å²) < 4.78 is 6.16. The first-order chi connectivity index (χ1) is 11.7. The molecular formula is C19H29N3O2. The molecule has 1 unspecified atom stereocenters. The molecule has 2 aliphatic rings. The third-order valence-corrected chi connectivity index (χ3v) is 5.24. The maximum atomic E-state index is 12.8. The van der Waals surface area contributed by atoms with Gasteiger partial charge in [0.05, 0.1) is 0 Å². The molecule has 2 N–H and O–H groups in total. The third-order valence-electron chi connectivity index (χ3n) is 5.24. The van der Waals surface area contributed by atoms with Crippen LogP contribution in [0.25, 0.3) is 0 Å². The maximum absolute atomic E-state index is 12.8. The summed E-state index contributed by atoms with van der Waals surface area (Å²) in [6.45, 7) is 7.48. The van der Waals surface area contributed by atoms with E-state index < -0.39 is 0 Å². The average molecular weight is 331 g/mol. The summed E-state index contributed by atoms with van der Waals surface area (Å²) >= 11 is 0. The average Bonchev–Trinajstić information content (AvgIpc) is 2.63. The Kier molecular flexibility index (Phi) is 5.87. The summed E-state index contributed by atoms with van der Waals surface area (Å²) in [6, 6.07) is 10.2. The van der Waals surface area contributed by atoms with E-state index in [4.69, 9.17) is 4.74 Å². The van der Waals surface area contributed by atoms with Gasteiger partial charge in [0.15, 0.2) is 0 Å². The van der Waals surface area contributed by atoms with E-state index in [1.54, 1.807) is 0 Å². The van der Waals surface area contributed by atoms with Gasteiger partial charge in [-0.05, 0) is 25.6 Å². The Morgan fingerprint density at radius 2 is 1.75 bits per heavy atom. The van der Waals surface area contributed by atoms with Gasteiger partial charge in [-0.3, -0.25) is 9.69 Å². The summed E-state index contributed by atoms with van der Waals surface area (Å²) in [5.41, 5.74) is 0.869. The van der Waals surface area contributed by atoms with E-state index in [1.165, 1.54) is 5.56 Å². The molecule has 1 aromatic carbocycles. The Morgan fingerprint density at radius 3 is 2.42 bits per heavy atom. The van der Waals surface area contributed by atoms with Gasteiger partial charge in [-0.15, -0.1) is 0 Å². The molecule has 132 valence electrons. The van der Waals surface area contributed by atoms with Gasteiger partial charge in [-0.2, -0.15) is 0 Å². The van der Waals surface area contributed by atoms with Gasteiger partial charge in [0.25, 0.3) is 0 Å². The van der Waals surface area contributed by atoms with E-state index in [2.05, 4.69) is 39.8 Å². The van der Waals surface area contributed by atoms with Crippen LogP contribution in [0, 0.1) is 0 Å². The van der Waals surface area contributed by atoms with Crippen LogP contribution in [0.2, 0.25) is 0 Å². The number of ether oxygens (including phenoxy) is 1. The summed E-state index contributed by atoms with van der Waals surface area (Å²) in [5, 5.41) is 6.71. The topological polar surface area (TPSA) is 53.6 Å². The minimum Gasteiger partial charge on any atom is -0.457 e. The van der Waals surface area contributed by atoms with Crippen molar-refractivity contribution in [1.82, 2.24) is 15.5 Å². The van der Waals surface area contributed by atoms with Crippen molar-refractivity contribution < 1.29 is 9.53 Å². The van der Waals surface area contributed by atoms with E-state index in [1.807, 2.05) is 13.0 Å². The highest BCUT2D eigenvalue weighted by Gasteiger charge is 2.38. The van der Waals surface area contributed by atoms with Gasteiger partial charge in [-0.25, -0.2) is 0 Å². The number of esters is 1. The number of hydrogen-bond acceptors (Lipinski definition) is 5. The van der Waals surface area contributed by atoms with E-state index in [0.29, 0.717) is 0 Å². The molecular weight excluding hydrogens is 302 g/mol. The van der Waals surface area contributed by atoms with Crippen LogP contribution in [0.15, 0.2) is 30.3 Å². The second-order valence-corrected chi connectivity index (χ2v) is 6.98. The van der Waals surface area contributed by atoms with Gasteiger partial charge >= 0.3 is 5.97 Å². The van der Waals surface area contributed by atoms with Crippen molar-refractivity contribution in [1.29, 1.82) is 0 Å². The van der Waals surface area contributed by atoms with Crippen LogP contribution in [0.1, 0.15) is 25.3 Å². The number of piperidine rings is 1. The fourth-order valence-corrected chi connectivity index (χ4v) is 3.68. The number of nitrogens with zero attached hydrogens (tertiary/aromatic N) is 1. The Labute approximate surface area is 144 Å². The van der Waals surface area contributed by atoms with E-state index >= 15 is 0 Å². The lowest BCUT2D eigenvalue weighted by Crippen LogP contribution is -2.53. The van der Waals surface area contributed by atoms with E-state index in [0.717, 1.165) is 58.5 Å². The minimum absolute atomic E-state index is 0.0743. The van der Waals surface area contributed by atoms with E-state index in [-0.39, 0.29) is 17.6 Å². The fraction of sp³-hybridized carbons (Fsp3) is 0.632. The predicted molar refractivity (Wildman–Crippen MR) is 95.0 cm³/mol. The van der Waals surface area contributed by atoms with Gasteiger partial charge in [-0.1, -0.05) is 30.3 Å². The molecule has 5 heteroatoms. The molecule has 2 fully saturated rings. The zero-order chi connectivity index (χ0) is 16.8. The molecule has 2 saturated heterocycles. The Morgan fingerprint density at radius 1 is 1.12 bits per heavy atom. The molecule has 24 heavy (non-hydrogen) atoms. The van der Waals surface area contributed by atoms with Crippen LogP contribution >= 0.6 is 0 Å². The van der Waals surface area contributed by atoms with Crippen molar-refractivity contribution in [3.8, 4) is 0 Å². The monoisotopic (exact) mass is 331 g/mol. The number of carbonyl (C=O) groups excluding carboxylic acids is 1. The van der Waals surface area contributed by atoms with E-state index in [9.17, 15) is 4.79 Å². The van der Waals surface area contributed by atoms with Crippen molar-refractivity contribution in [2.45, 2.75) is 37.8 Å². The molecule has 2 heterocycles. The molecule has 1 atom stereocenters. The van der Waals surface area contributed by atoms with Crippen molar-refractivity contribution in [2.24, 2.45) is 0 Å². The van der Waals surface area contributed by atoms with Crippen LogP contribution in [0.5, 0.6) is 0 Å². The molecule has 3 rings (SSSR count). The maximum Gasteiger partial charge on any atom is 0.323 e. The van der Waals surface area contributed by atoms with Gasteiger partial charge < -0.3 is 15.4 Å². The molecule has 1 aromatic rings. The second kappa shape index (κ2) is 8.10. The van der Waals surface area contributed by atoms with Gasteiger partial charge in [0, 0.05) is 45.4 Å². The summed E-state index contributed by atoms with van der Waals surface area (Å²) in [4.78, 5) is 15.0. The van der Waals surface area contributed by atoms with Crippen LogP contribution in [-0.2, 0) is 16.0 Å². The van der Waals surface area contributed by atoms with Crippen LogP contribution in [-0.4, -0.2) is 61.8 Å². The Bertz CT molecular complexity index is 523. The highest BCUT2D eigenvalue weighted by molar-refractivity contribution is 5.76. The number of piperazine rings is 1. The summed E-state index contributed by atoms with van der Waals surface area (Å²) in [7, 11) is 0. The lowest BCUT2D eigenvalue weighted by Gasteiger charge is -2.39. The molecule has 5 nitrogen and oxygen atoms in total. The number of benzene rings is 1. The number of rotatable bonds is 5. The third kappa shape index (κ3) is 4.35. The molecule has 0 aliphatic carbocycles. The summed E-state index contributed by atoms with van der Waals surface area (Å²) in [6.07, 6.45) is 2.55. The Hall–Kier alpha value is -1.43. The molecule has 0 spiro atoms. The first-order valence-electron chi connectivity index (χ1n) is 9.11. The Balaban J connectivity index is 1.68. The lowest BCUT2D eigenvalue weighted by atomic mass is 9.85. The first kappa shape index (κ1) is 17.4. The highest BCUT2D eigenvalue weighted by Crippen LogP contribution is 2.29. The summed E-state index contributed by atoms with van der Waals surface area (Å²) in [5.74, 6) is -0.0743. The van der Waals surface area contributed by atoms with Crippen molar-refractivity contribution in [3.05, 3.63) is 35.9 Å². The van der Waals surface area contributed by atoms with Crippen LogP contribution in [0.3, 0.4) is 0 Å². The smallest absolute Gasteiger partial charge is 0.323 e. The number of carbonyl (C=O) groups is 1. The van der Waals surface area contributed by atoms with Crippen molar-refractivity contribution >= 4 is 5.97 Å². The fourth-order valence-electron chi connectivity index (χ4n) is 3.68. The largest absolute Gasteiger partial charge is 0.457 e.